The predicted molar refractivity (Wildman–Crippen MR) is 99.6 cm³/mol. The molecule has 2 aromatic rings. The van der Waals surface area contributed by atoms with E-state index in [1.54, 1.807) is 13.0 Å². The lowest BCUT2D eigenvalue weighted by molar-refractivity contribution is 0.0666. The van der Waals surface area contributed by atoms with Crippen LogP contribution in [0.1, 0.15) is 33.4 Å². The second-order valence-electron chi connectivity index (χ2n) is 7.60. The topological polar surface area (TPSA) is 83.7 Å². The molecule has 27 heavy (non-hydrogen) atoms. The van der Waals surface area contributed by atoms with Gasteiger partial charge < -0.3 is 9.42 Å². The first-order valence-electron chi connectivity index (χ1n) is 9.00. The van der Waals surface area contributed by atoms with Gasteiger partial charge in [0, 0.05) is 31.6 Å². The molecule has 144 valence electrons. The zero-order valence-electron chi connectivity index (χ0n) is 15.6. The molecule has 3 heterocycles. The Morgan fingerprint density at radius 2 is 1.93 bits per heavy atom. The van der Waals surface area contributed by atoms with Crippen molar-refractivity contribution in [1.29, 1.82) is 0 Å². The fourth-order valence-electron chi connectivity index (χ4n) is 4.41. The smallest absolute Gasteiger partial charge is 0.293 e. The molecule has 0 spiro atoms. The van der Waals surface area contributed by atoms with E-state index in [9.17, 15) is 13.2 Å². The molecule has 1 amide bonds. The molecule has 2 fully saturated rings. The Morgan fingerprint density at radius 1 is 1.19 bits per heavy atom. The Labute approximate surface area is 159 Å². The molecule has 4 rings (SSSR count). The number of aromatic nitrogens is 1. The van der Waals surface area contributed by atoms with Gasteiger partial charge in [-0.2, -0.15) is 0 Å². The van der Waals surface area contributed by atoms with E-state index in [1.807, 2.05) is 36.1 Å². The minimum atomic E-state index is -3.25. The van der Waals surface area contributed by atoms with Gasteiger partial charge in [0.2, 0.25) is 15.8 Å². The number of rotatable bonds is 3. The molecular weight excluding hydrogens is 366 g/mol. The third-order valence-corrected chi connectivity index (χ3v) is 6.94. The van der Waals surface area contributed by atoms with Crippen molar-refractivity contribution < 1.29 is 17.7 Å². The van der Waals surface area contributed by atoms with Gasteiger partial charge in [0.25, 0.3) is 5.91 Å². The van der Waals surface area contributed by atoms with E-state index in [4.69, 9.17) is 4.52 Å². The summed E-state index contributed by atoms with van der Waals surface area (Å²) in [5.41, 5.74) is 2.81. The zero-order chi connectivity index (χ0) is 19.3. The van der Waals surface area contributed by atoms with Crippen LogP contribution in [0.5, 0.6) is 0 Å². The van der Waals surface area contributed by atoms with Gasteiger partial charge in [0.15, 0.2) is 0 Å². The Balaban J connectivity index is 1.72. The van der Waals surface area contributed by atoms with Crippen molar-refractivity contribution in [2.75, 3.05) is 25.9 Å². The summed E-state index contributed by atoms with van der Waals surface area (Å²) in [6.07, 6.45) is 1.25. The zero-order valence-corrected chi connectivity index (χ0v) is 16.4. The number of carbonyl (C=O) groups excluding carboxylic acids is 1. The third kappa shape index (κ3) is 3.17. The molecule has 3 atom stereocenters. The molecule has 2 aliphatic rings. The summed E-state index contributed by atoms with van der Waals surface area (Å²) in [5.74, 6) is 0.210. The number of likely N-dealkylation sites (tertiary alicyclic amines) is 1. The fraction of sp³-hybridized carbons (Fsp3) is 0.474. The molecule has 0 radical (unpaired) electrons. The maximum atomic E-state index is 13.1. The highest BCUT2D eigenvalue weighted by molar-refractivity contribution is 7.88. The first-order valence-corrected chi connectivity index (χ1v) is 10.9. The first-order chi connectivity index (χ1) is 12.8. The Bertz CT molecular complexity index is 984. The van der Waals surface area contributed by atoms with Crippen LogP contribution in [0.3, 0.4) is 0 Å². The summed E-state index contributed by atoms with van der Waals surface area (Å²) in [4.78, 5) is 15.0. The summed E-state index contributed by atoms with van der Waals surface area (Å²) < 4.78 is 30.8. The third-order valence-electron chi connectivity index (χ3n) is 5.71. The van der Waals surface area contributed by atoms with Crippen molar-refractivity contribution in [2.24, 2.45) is 11.8 Å². The molecule has 7 nitrogen and oxygen atoms in total. The SMILES string of the molecule is Cc1cc(C(=O)N2C[C@@H]3CN(S(C)(=O)=O)C[C@@H]3[C@H]2c2ccccc2C)on1. The van der Waals surface area contributed by atoms with Gasteiger partial charge in [0.1, 0.15) is 0 Å². The monoisotopic (exact) mass is 389 g/mol. The molecule has 8 heteroatoms. The van der Waals surface area contributed by atoms with Crippen LogP contribution >= 0.6 is 0 Å². The highest BCUT2D eigenvalue weighted by atomic mass is 32.2. The fourth-order valence-corrected chi connectivity index (χ4v) is 5.31. The van der Waals surface area contributed by atoms with E-state index in [1.165, 1.54) is 10.6 Å². The average Bonchev–Trinajstić information content (AvgIpc) is 3.28. The standard InChI is InChI=1S/C19H23N3O4S/c1-12-6-4-5-7-15(12)18-16-11-21(27(3,24)25)9-14(16)10-22(18)19(23)17-8-13(2)20-26-17/h4-8,14,16,18H,9-11H2,1-3H3/t14-,16-,18+/m0/s1. The molecule has 2 aliphatic heterocycles. The molecule has 0 unspecified atom stereocenters. The molecular formula is C19H23N3O4S. The number of benzene rings is 1. The number of amides is 1. The van der Waals surface area contributed by atoms with Crippen molar-refractivity contribution in [3.05, 3.63) is 52.9 Å². The van der Waals surface area contributed by atoms with Gasteiger partial charge >= 0.3 is 0 Å². The number of carbonyl (C=O) groups is 1. The van der Waals surface area contributed by atoms with Gasteiger partial charge in [0.05, 0.1) is 18.0 Å². The quantitative estimate of drug-likeness (QED) is 0.802. The predicted octanol–water partition coefficient (Wildman–Crippen LogP) is 2.00. The number of hydrogen-bond acceptors (Lipinski definition) is 5. The maximum absolute atomic E-state index is 13.1. The van der Waals surface area contributed by atoms with E-state index >= 15 is 0 Å². The second kappa shape index (κ2) is 6.45. The molecule has 2 saturated heterocycles. The van der Waals surface area contributed by atoms with Crippen molar-refractivity contribution in [3.8, 4) is 0 Å². The van der Waals surface area contributed by atoms with Crippen LogP contribution < -0.4 is 0 Å². The van der Waals surface area contributed by atoms with Crippen LogP contribution in [0.2, 0.25) is 0 Å². The molecule has 1 aromatic heterocycles. The molecule has 0 bridgehead atoms. The minimum absolute atomic E-state index is 0.0637. The molecule has 0 N–H and O–H groups in total. The lowest BCUT2D eigenvalue weighted by Crippen LogP contribution is -2.37. The molecule has 0 saturated carbocycles. The van der Waals surface area contributed by atoms with Gasteiger partial charge in [-0.1, -0.05) is 29.4 Å². The molecule has 0 aliphatic carbocycles. The van der Waals surface area contributed by atoms with E-state index in [0.29, 0.717) is 25.3 Å². The Hall–Kier alpha value is -2.19. The lowest BCUT2D eigenvalue weighted by atomic mass is 9.87. The number of fused-ring (bicyclic) bond motifs is 1. The summed E-state index contributed by atoms with van der Waals surface area (Å²) >= 11 is 0. The molecule has 1 aromatic carbocycles. The van der Waals surface area contributed by atoms with Crippen molar-refractivity contribution in [1.82, 2.24) is 14.4 Å². The van der Waals surface area contributed by atoms with Crippen molar-refractivity contribution >= 4 is 15.9 Å². The number of sulfonamides is 1. The average molecular weight is 389 g/mol. The highest BCUT2D eigenvalue weighted by Gasteiger charge is 2.51. The van der Waals surface area contributed by atoms with Gasteiger partial charge in [-0.3, -0.25) is 4.79 Å². The van der Waals surface area contributed by atoms with Crippen LogP contribution in [0.25, 0.3) is 0 Å². The summed E-state index contributed by atoms with van der Waals surface area (Å²) in [6.45, 7) is 5.19. The number of hydrogen-bond donors (Lipinski definition) is 0. The number of aryl methyl sites for hydroxylation is 2. The maximum Gasteiger partial charge on any atom is 0.293 e. The highest BCUT2D eigenvalue weighted by Crippen LogP contribution is 2.46. The van der Waals surface area contributed by atoms with E-state index < -0.39 is 10.0 Å². The minimum Gasteiger partial charge on any atom is -0.351 e. The van der Waals surface area contributed by atoms with Gasteiger partial charge in [-0.25, -0.2) is 12.7 Å². The van der Waals surface area contributed by atoms with Crippen LogP contribution in [0.15, 0.2) is 34.9 Å². The van der Waals surface area contributed by atoms with E-state index in [-0.39, 0.29) is 29.5 Å². The van der Waals surface area contributed by atoms with Gasteiger partial charge in [-0.05, 0) is 30.9 Å². The Kier molecular flexibility index (Phi) is 4.35. The lowest BCUT2D eigenvalue weighted by Gasteiger charge is -2.30. The van der Waals surface area contributed by atoms with E-state index in [2.05, 4.69) is 5.16 Å². The van der Waals surface area contributed by atoms with Crippen molar-refractivity contribution in [2.45, 2.75) is 19.9 Å². The van der Waals surface area contributed by atoms with Crippen LogP contribution in [0.4, 0.5) is 0 Å². The summed E-state index contributed by atoms with van der Waals surface area (Å²) in [7, 11) is -3.25. The normalized spacial score (nSPS) is 25.7. The Morgan fingerprint density at radius 3 is 2.56 bits per heavy atom. The first kappa shape index (κ1) is 18.2. The van der Waals surface area contributed by atoms with Gasteiger partial charge in [-0.15, -0.1) is 0 Å². The van der Waals surface area contributed by atoms with Crippen LogP contribution in [0, 0.1) is 25.7 Å². The second-order valence-corrected chi connectivity index (χ2v) is 9.58. The summed E-state index contributed by atoms with van der Waals surface area (Å²) in [6, 6.07) is 9.44. The van der Waals surface area contributed by atoms with E-state index in [0.717, 1.165) is 11.1 Å². The van der Waals surface area contributed by atoms with Crippen LogP contribution in [-0.4, -0.2) is 54.6 Å². The van der Waals surface area contributed by atoms with Crippen LogP contribution in [-0.2, 0) is 10.0 Å². The van der Waals surface area contributed by atoms with Crippen molar-refractivity contribution in [3.63, 3.8) is 0 Å². The largest absolute Gasteiger partial charge is 0.351 e. The number of nitrogens with zero attached hydrogens (tertiary/aromatic N) is 3. The summed E-state index contributed by atoms with van der Waals surface area (Å²) in [5, 5.41) is 3.83.